The number of nitrogens with zero attached hydrogens (tertiary/aromatic N) is 1. The van der Waals surface area contributed by atoms with E-state index in [0.717, 1.165) is 0 Å². The van der Waals surface area contributed by atoms with Gasteiger partial charge in [0.15, 0.2) is 0 Å². The number of carboxylic acid groups (broad SMARTS) is 1. The SMILES string of the molecule is COC(=O)CC1CN(C(=O)NC(C)C(=O)O)CCO1. The molecule has 108 valence electrons. The van der Waals surface area contributed by atoms with Gasteiger partial charge in [-0.2, -0.15) is 0 Å². The molecule has 2 amide bonds. The first kappa shape index (κ1) is 15.2. The number of carbonyl (C=O) groups excluding carboxylic acids is 2. The minimum Gasteiger partial charge on any atom is -0.480 e. The van der Waals surface area contributed by atoms with Crippen molar-refractivity contribution in [1.29, 1.82) is 0 Å². The summed E-state index contributed by atoms with van der Waals surface area (Å²) >= 11 is 0. The number of hydrogen-bond acceptors (Lipinski definition) is 5. The van der Waals surface area contributed by atoms with E-state index >= 15 is 0 Å². The summed E-state index contributed by atoms with van der Waals surface area (Å²) in [6.45, 7) is 2.27. The van der Waals surface area contributed by atoms with Crippen molar-refractivity contribution in [1.82, 2.24) is 10.2 Å². The van der Waals surface area contributed by atoms with Gasteiger partial charge in [0, 0.05) is 13.1 Å². The Balaban J connectivity index is 2.47. The van der Waals surface area contributed by atoms with Crippen molar-refractivity contribution in [2.45, 2.75) is 25.5 Å². The highest BCUT2D eigenvalue weighted by atomic mass is 16.5. The van der Waals surface area contributed by atoms with E-state index in [1.807, 2.05) is 0 Å². The van der Waals surface area contributed by atoms with Crippen LogP contribution < -0.4 is 5.32 Å². The van der Waals surface area contributed by atoms with Gasteiger partial charge >= 0.3 is 18.0 Å². The summed E-state index contributed by atoms with van der Waals surface area (Å²) in [7, 11) is 1.28. The Labute approximate surface area is 110 Å². The lowest BCUT2D eigenvalue weighted by Crippen LogP contribution is -2.53. The van der Waals surface area contributed by atoms with Crippen molar-refractivity contribution in [3.63, 3.8) is 0 Å². The van der Waals surface area contributed by atoms with Crippen LogP contribution in [0.5, 0.6) is 0 Å². The van der Waals surface area contributed by atoms with Crippen molar-refractivity contribution < 1.29 is 29.0 Å². The Hall–Kier alpha value is -1.83. The van der Waals surface area contributed by atoms with Gasteiger partial charge in [-0.05, 0) is 6.92 Å². The molecule has 0 radical (unpaired) electrons. The summed E-state index contributed by atoms with van der Waals surface area (Å²) in [4.78, 5) is 35.0. The molecule has 2 unspecified atom stereocenters. The molecule has 2 atom stereocenters. The summed E-state index contributed by atoms with van der Waals surface area (Å²) < 4.78 is 9.87. The molecule has 1 fully saturated rings. The number of ether oxygens (including phenoxy) is 2. The van der Waals surface area contributed by atoms with Gasteiger partial charge in [-0.3, -0.25) is 9.59 Å². The van der Waals surface area contributed by atoms with E-state index in [0.29, 0.717) is 13.2 Å². The molecule has 0 aromatic heterocycles. The van der Waals surface area contributed by atoms with Gasteiger partial charge in [0.1, 0.15) is 6.04 Å². The summed E-state index contributed by atoms with van der Waals surface area (Å²) in [5, 5.41) is 11.1. The summed E-state index contributed by atoms with van der Waals surface area (Å²) in [6, 6.07) is -1.44. The van der Waals surface area contributed by atoms with Crippen LogP contribution in [-0.4, -0.2) is 66.9 Å². The predicted octanol–water partition coefficient (Wildman–Crippen LogP) is -0.567. The molecule has 0 aromatic carbocycles. The molecule has 0 spiro atoms. The molecule has 1 aliphatic rings. The zero-order valence-electron chi connectivity index (χ0n) is 10.9. The van der Waals surface area contributed by atoms with Crippen molar-refractivity contribution >= 4 is 18.0 Å². The highest BCUT2D eigenvalue weighted by Gasteiger charge is 2.27. The van der Waals surface area contributed by atoms with Crippen LogP contribution in [0.2, 0.25) is 0 Å². The zero-order valence-corrected chi connectivity index (χ0v) is 10.9. The fourth-order valence-corrected chi connectivity index (χ4v) is 1.63. The number of aliphatic carboxylic acids is 1. The number of morpholine rings is 1. The topological polar surface area (TPSA) is 105 Å². The van der Waals surface area contributed by atoms with E-state index in [9.17, 15) is 14.4 Å². The monoisotopic (exact) mass is 274 g/mol. The molecule has 0 bridgehead atoms. The second kappa shape index (κ2) is 6.93. The Bertz CT molecular complexity index is 359. The molecule has 1 saturated heterocycles. The number of amides is 2. The van der Waals surface area contributed by atoms with Crippen LogP contribution in [0.15, 0.2) is 0 Å². The lowest BCUT2D eigenvalue weighted by Gasteiger charge is -2.32. The number of esters is 1. The first-order chi connectivity index (χ1) is 8.93. The van der Waals surface area contributed by atoms with Gasteiger partial charge in [-0.15, -0.1) is 0 Å². The number of hydrogen-bond donors (Lipinski definition) is 2. The van der Waals surface area contributed by atoms with Gasteiger partial charge < -0.3 is 24.8 Å². The molecule has 2 N–H and O–H groups in total. The zero-order chi connectivity index (χ0) is 14.4. The lowest BCUT2D eigenvalue weighted by atomic mass is 10.2. The molecule has 8 heteroatoms. The van der Waals surface area contributed by atoms with Gasteiger partial charge in [0.25, 0.3) is 0 Å². The predicted molar refractivity (Wildman–Crippen MR) is 63.6 cm³/mol. The molecular weight excluding hydrogens is 256 g/mol. The average Bonchev–Trinajstić information content (AvgIpc) is 2.38. The molecule has 8 nitrogen and oxygen atoms in total. The molecule has 19 heavy (non-hydrogen) atoms. The third-order valence-corrected chi connectivity index (χ3v) is 2.76. The van der Waals surface area contributed by atoms with Crippen LogP contribution in [0.4, 0.5) is 4.79 Å². The number of nitrogens with one attached hydrogen (secondary N) is 1. The van der Waals surface area contributed by atoms with Gasteiger partial charge in [0.2, 0.25) is 0 Å². The molecule has 0 aromatic rings. The summed E-state index contributed by atoms with van der Waals surface area (Å²) in [6.07, 6.45) is -0.360. The fraction of sp³-hybridized carbons (Fsp3) is 0.727. The summed E-state index contributed by atoms with van der Waals surface area (Å²) in [5.74, 6) is -1.51. The number of methoxy groups -OCH3 is 1. The van der Waals surface area contributed by atoms with Crippen molar-refractivity contribution in [2.24, 2.45) is 0 Å². The maximum Gasteiger partial charge on any atom is 0.325 e. The van der Waals surface area contributed by atoms with Crippen LogP contribution in [-0.2, 0) is 19.1 Å². The Morgan fingerprint density at radius 3 is 2.79 bits per heavy atom. The molecule has 1 rings (SSSR count). The molecule has 0 aliphatic carbocycles. The average molecular weight is 274 g/mol. The van der Waals surface area contributed by atoms with E-state index < -0.39 is 30.1 Å². The Morgan fingerprint density at radius 1 is 1.53 bits per heavy atom. The van der Waals surface area contributed by atoms with E-state index in [1.54, 1.807) is 0 Å². The lowest BCUT2D eigenvalue weighted by molar-refractivity contribution is -0.145. The molecule has 1 aliphatic heterocycles. The van der Waals surface area contributed by atoms with Gasteiger partial charge in [0.05, 0.1) is 26.2 Å². The third kappa shape index (κ3) is 4.74. The maximum absolute atomic E-state index is 11.8. The van der Waals surface area contributed by atoms with E-state index in [4.69, 9.17) is 9.84 Å². The minimum atomic E-state index is -1.10. The minimum absolute atomic E-state index is 0.0643. The first-order valence-electron chi connectivity index (χ1n) is 5.90. The van der Waals surface area contributed by atoms with Crippen LogP contribution >= 0.6 is 0 Å². The van der Waals surface area contributed by atoms with Crippen molar-refractivity contribution in [3.8, 4) is 0 Å². The number of carboxylic acids is 1. The second-order valence-corrected chi connectivity index (χ2v) is 4.23. The largest absolute Gasteiger partial charge is 0.480 e. The Morgan fingerprint density at radius 2 is 2.21 bits per heavy atom. The second-order valence-electron chi connectivity index (χ2n) is 4.23. The van der Waals surface area contributed by atoms with Crippen molar-refractivity contribution in [3.05, 3.63) is 0 Å². The van der Waals surface area contributed by atoms with Crippen LogP contribution in [0, 0.1) is 0 Å². The van der Waals surface area contributed by atoms with E-state index in [1.165, 1.54) is 18.9 Å². The smallest absolute Gasteiger partial charge is 0.325 e. The third-order valence-electron chi connectivity index (χ3n) is 2.76. The highest BCUT2D eigenvalue weighted by Crippen LogP contribution is 2.09. The van der Waals surface area contributed by atoms with E-state index in [-0.39, 0.29) is 13.0 Å². The normalized spacial score (nSPS) is 20.5. The molecule has 1 heterocycles. The number of urea groups is 1. The molecular formula is C11H18N2O6. The van der Waals surface area contributed by atoms with Crippen LogP contribution in [0.25, 0.3) is 0 Å². The fourth-order valence-electron chi connectivity index (χ4n) is 1.63. The highest BCUT2D eigenvalue weighted by molar-refractivity contribution is 5.82. The maximum atomic E-state index is 11.8. The van der Waals surface area contributed by atoms with Crippen molar-refractivity contribution in [2.75, 3.05) is 26.8 Å². The standard InChI is InChI=1S/C11H18N2O6/c1-7(10(15)16)12-11(17)13-3-4-19-8(6-13)5-9(14)18-2/h7-8H,3-6H2,1-2H3,(H,12,17)(H,15,16). The van der Waals surface area contributed by atoms with Gasteiger partial charge in [-0.25, -0.2) is 4.79 Å². The van der Waals surface area contributed by atoms with Crippen LogP contribution in [0.3, 0.4) is 0 Å². The number of carbonyl (C=O) groups is 3. The number of rotatable bonds is 4. The van der Waals surface area contributed by atoms with E-state index in [2.05, 4.69) is 10.1 Å². The first-order valence-corrected chi connectivity index (χ1v) is 5.90. The quantitative estimate of drug-likeness (QED) is 0.665. The van der Waals surface area contributed by atoms with Gasteiger partial charge in [-0.1, -0.05) is 0 Å². The van der Waals surface area contributed by atoms with Crippen LogP contribution in [0.1, 0.15) is 13.3 Å². The Kier molecular flexibility index (Phi) is 5.56. The molecule has 0 saturated carbocycles. The summed E-state index contributed by atoms with van der Waals surface area (Å²) in [5.41, 5.74) is 0.